The number of H-pyrrole nitrogens is 1. The van der Waals surface area contributed by atoms with Crippen LogP contribution >= 0.6 is 24.8 Å². The van der Waals surface area contributed by atoms with Gasteiger partial charge in [-0.25, -0.2) is 9.67 Å². The summed E-state index contributed by atoms with van der Waals surface area (Å²) >= 11 is 0. The maximum Gasteiger partial charge on any atom is 0.243 e. The summed E-state index contributed by atoms with van der Waals surface area (Å²) in [6, 6.07) is 9.36. The molecule has 138 valence electrons. The van der Waals surface area contributed by atoms with E-state index in [2.05, 4.69) is 25.7 Å². The largest absolute Gasteiger partial charge is 0.350 e. The van der Waals surface area contributed by atoms with Crippen molar-refractivity contribution in [1.29, 1.82) is 0 Å². The van der Waals surface area contributed by atoms with E-state index in [9.17, 15) is 4.79 Å². The number of para-hydroxylation sites is 1. The summed E-state index contributed by atoms with van der Waals surface area (Å²) in [5.41, 5.74) is 3.79. The number of hydrogen-bond acceptors (Lipinski definition) is 4. The molecule has 1 amide bonds. The maximum atomic E-state index is 12.6. The van der Waals surface area contributed by atoms with Crippen molar-refractivity contribution in [2.24, 2.45) is 0 Å². The van der Waals surface area contributed by atoms with Crippen molar-refractivity contribution in [3.63, 3.8) is 0 Å². The highest BCUT2D eigenvalue weighted by Gasteiger charge is 2.28. The van der Waals surface area contributed by atoms with Gasteiger partial charge in [-0.3, -0.25) is 4.79 Å². The first kappa shape index (κ1) is 20.0. The normalized spacial score (nSPS) is 15.3. The fourth-order valence-electron chi connectivity index (χ4n) is 3.02. The third-order valence-electron chi connectivity index (χ3n) is 4.21. The van der Waals surface area contributed by atoms with Crippen LogP contribution in [0.5, 0.6) is 0 Å². The number of nitrogens with zero attached hydrogens (tertiary/aromatic N) is 3. The quantitative estimate of drug-likeness (QED) is 0.630. The van der Waals surface area contributed by atoms with Crippen molar-refractivity contribution in [3.05, 3.63) is 66.0 Å². The number of carbonyl (C=O) groups is 1. The van der Waals surface area contributed by atoms with Crippen LogP contribution in [-0.4, -0.2) is 32.2 Å². The highest BCUT2D eigenvalue weighted by molar-refractivity contribution is 5.85. The van der Waals surface area contributed by atoms with Crippen LogP contribution in [0.1, 0.15) is 23.0 Å². The Kier molecular flexibility index (Phi) is 6.79. The van der Waals surface area contributed by atoms with Gasteiger partial charge in [0.1, 0.15) is 6.04 Å². The molecule has 2 aromatic heterocycles. The smallest absolute Gasteiger partial charge is 0.243 e. The summed E-state index contributed by atoms with van der Waals surface area (Å²) in [5, 5.41) is 10.5. The standard InChI is InChI=1S/C17H18N6O.2ClH/c24-17(16-15-13(6-8-18-16)20-11-21-15)19-10-12-4-1-2-5-14(12)23-9-3-7-22-23;;/h1-5,7,9,11,16,18H,6,8,10H2,(H,19,24)(H,20,21);2*1H. The number of rotatable bonds is 4. The Hall–Kier alpha value is -2.35. The number of carbonyl (C=O) groups excluding carboxylic acids is 1. The Labute approximate surface area is 163 Å². The molecule has 0 saturated heterocycles. The van der Waals surface area contributed by atoms with E-state index in [-0.39, 0.29) is 30.7 Å². The summed E-state index contributed by atoms with van der Waals surface area (Å²) in [6.45, 7) is 1.20. The van der Waals surface area contributed by atoms with E-state index in [0.29, 0.717) is 6.54 Å². The number of amides is 1. The van der Waals surface area contributed by atoms with E-state index >= 15 is 0 Å². The predicted octanol–water partition coefficient (Wildman–Crippen LogP) is 1.94. The highest BCUT2D eigenvalue weighted by Crippen LogP contribution is 2.20. The van der Waals surface area contributed by atoms with Gasteiger partial charge >= 0.3 is 0 Å². The molecule has 0 aliphatic carbocycles. The number of aromatic nitrogens is 4. The van der Waals surface area contributed by atoms with Gasteiger partial charge in [0.2, 0.25) is 5.91 Å². The molecule has 1 aromatic carbocycles. The minimum absolute atomic E-state index is 0. The summed E-state index contributed by atoms with van der Waals surface area (Å²) in [7, 11) is 0. The fourth-order valence-corrected chi connectivity index (χ4v) is 3.02. The molecule has 3 N–H and O–H groups in total. The van der Waals surface area contributed by atoms with Gasteiger partial charge in [-0.05, 0) is 17.7 Å². The number of benzene rings is 1. The zero-order valence-electron chi connectivity index (χ0n) is 13.9. The van der Waals surface area contributed by atoms with E-state index in [4.69, 9.17) is 0 Å². The van der Waals surface area contributed by atoms with Gasteiger partial charge in [0, 0.05) is 37.6 Å². The fraction of sp³-hybridized carbons (Fsp3) is 0.235. The lowest BCUT2D eigenvalue weighted by Crippen LogP contribution is -2.41. The van der Waals surface area contributed by atoms with Gasteiger partial charge in [-0.1, -0.05) is 18.2 Å². The van der Waals surface area contributed by atoms with Gasteiger partial charge in [0.15, 0.2) is 0 Å². The number of nitrogens with one attached hydrogen (secondary N) is 3. The van der Waals surface area contributed by atoms with Crippen molar-refractivity contribution in [1.82, 2.24) is 30.4 Å². The van der Waals surface area contributed by atoms with Crippen LogP contribution in [0.3, 0.4) is 0 Å². The first-order chi connectivity index (χ1) is 11.8. The van der Waals surface area contributed by atoms with Crippen LogP contribution < -0.4 is 10.6 Å². The number of halogens is 2. The van der Waals surface area contributed by atoms with Crippen LogP contribution in [0, 0.1) is 0 Å². The second-order valence-corrected chi connectivity index (χ2v) is 5.70. The van der Waals surface area contributed by atoms with Crippen molar-refractivity contribution in [2.45, 2.75) is 19.0 Å². The predicted molar refractivity (Wildman–Crippen MR) is 103 cm³/mol. The Bertz CT molecular complexity index is 849. The topological polar surface area (TPSA) is 87.6 Å². The van der Waals surface area contributed by atoms with E-state index in [1.165, 1.54) is 0 Å². The molecule has 1 aliphatic rings. The highest BCUT2D eigenvalue weighted by atomic mass is 35.5. The molecule has 0 saturated carbocycles. The second kappa shape index (κ2) is 8.84. The lowest BCUT2D eigenvalue weighted by Gasteiger charge is -2.22. The van der Waals surface area contributed by atoms with Crippen LogP contribution in [-0.2, 0) is 17.8 Å². The average molecular weight is 395 g/mol. The summed E-state index contributed by atoms with van der Waals surface area (Å²) in [6.07, 6.45) is 6.13. The molecule has 1 unspecified atom stereocenters. The lowest BCUT2D eigenvalue weighted by molar-refractivity contribution is -0.123. The van der Waals surface area contributed by atoms with Crippen molar-refractivity contribution in [2.75, 3.05) is 6.54 Å². The third kappa shape index (κ3) is 3.90. The minimum Gasteiger partial charge on any atom is -0.350 e. The molecule has 0 fully saturated rings. The maximum absolute atomic E-state index is 12.6. The second-order valence-electron chi connectivity index (χ2n) is 5.70. The number of aromatic amines is 1. The molecule has 1 atom stereocenters. The zero-order valence-corrected chi connectivity index (χ0v) is 15.5. The number of fused-ring (bicyclic) bond motifs is 1. The molecule has 0 bridgehead atoms. The van der Waals surface area contributed by atoms with Gasteiger partial charge in [-0.15, -0.1) is 24.8 Å². The Morgan fingerprint density at radius 3 is 2.92 bits per heavy atom. The Morgan fingerprint density at radius 2 is 2.12 bits per heavy atom. The van der Waals surface area contributed by atoms with Gasteiger partial charge in [-0.2, -0.15) is 5.10 Å². The number of hydrogen-bond donors (Lipinski definition) is 3. The van der Waals surface area contributed by atoms with Crippen molar-refractivity contribution >= 4 is 30.7 Å². The van der Waals surface area contributed by atoms with Crippen molar-refractivity contribution in [3.8, 4) is 5.69 Å². The molecular formula is C17H20Cl2N6O. The lowest BCUT2D eigenvalue weighted by atomic mass is 10.0. The molecule has 3 heterocycles. The third-order valence-corrected chi connectivity index (χ3v) is 4.21. The van der Waals surface area contributed by atoms with E-state index in [1.54, 1.807) is 17.2 Å². The van der Waals surface area contributed by atoms with E-state index in [1.807, 2.05) is 36.5 Å². The average Bonchev–Trinajstić information content (AvgIpc) is 3.30. The van der Waals surface area contributed by atoms with Gasteiger partial charge in [0.05, 0.1) is 17.7 Å². The molecule has 0 radical (unpaired) electrons. The monoisotopic (exact) mass is 394 g/mol. The molecule has 3 aromatic rings. The SMILES string of the molecule is Cl.Cl.O=C(NCc1ccccc1-n1cccn1)C1NCCc2[nH]cnc21. The molecule has 4 rings (SSSR count). The first-order valence-electron chi connectivity index (χ1n) is 7.94. The molecule has 26 heavy (non-hydrogen) atoms. The van der Waals surface area contributed by atoms with E-state index < -0.39 is 6.04 Å². The zero-order chi connectivity index (χ0) is 16.4. The molecular weight excluding hydrogens is 375 g/mol. The first-order valence-corrected chi connectivity index (χ1v) is 7.94. The molecule has 7 nitrogen and oxygen atoms in total. The number of imidazole rings is 1. The Morgan fingerprint density at radius 1 is 1.27 bits per heavy atom. The van der Waals surface area contributed by atoms with Gasteiger partial charge < -0.3 is 15.6 Å². The van der Waals surface area contributed by atoms with Gasteiger partial charge in [0.25, 0.3) is 0 Å². The summed E-state index contributed by atoms with van der Waals surface area (Å²) in [4.78, 5) is 20.0. The van der Waals surface area contributed by atoms with Crippen LogP contribution in [0.15, 0.2) is 49.1 Å². The molecule has 1 aliphatic heterocycles. The molecule has 9 heteroatoms. The van der Waals surface area contributed by atoms with Crippen molar-refractivity contribution < 1.29 is 4.79 Å². The molecule has 0 spiro atoms. The Balaban J connectivity index is 0.00000121. The summed E-state index contributed by atoms with van der Waals surface area (Å²) < 4.78 is 1.80. The van der Waals surface area contributed by atoms with E-state index in [0.717, 1.165) is 35.6 Å². The summed E-state index contributed by atoms with van der Waals surface area (Å²) in [5.74, 6) is -0.0710. The minimum atomic E-state index is -0.406. The van der Waals surface area contributed by atoms with Crippen LogP contribution in [0.4, 0.5) is 0 Å². The van der Waals surface area contributed by atoms with Crippen LogP contribution in [0.25, 0.3) is 5.69 Å². The van der Waals surface area contributed by atoms with Crippen LogP contribution in [0.2, 0.25) is 0 Å².